The molecule has 0 amide bonds. The van der Waals surface area contributed by atoms with Crippen molar-refractivity contribution < 1.29 is 24.0 Å². The van der Waals surface area contributed by atoms with Crippen molar-refractivity contribution in [3.05, 3.63) is 87.1 Å². The van der Waals surface area contributed by atoms with Crippen molar-refractivity contribution in [3.8, 4) is 0 Å². The molecule has 0 fully saturated rings. The molecule has 152 valence electrons. The van der Waals surface area contributed by atoms with Gasteiger partial charge in [-0.2, -0.15) is 0 Å². The lowest BCUT2D eigenvalue weighted by Gasteiger charge is -2.13. The molecule has 0 N–H and O–H groups in total. The Morgan fingerprint density at radius 1 is 1.13 bits per heavy atom. The summed E-state index contributed by atoms with van der Waals surface area (Å²) in [5, 5.41) is 11.5. The molecule has 0 unspecified atom stereocenters. The fourth-order valence-electron chi connectivity index (χ4n) is 2.98. The highest BCUT2D eigenvalue weighted by atomic mass is 16.6. The van der Waals surface area contributed by atoms with Crippen molar-refractivity contribution in [3.63, 3.8) is 0 Å². The first-order valence-corrected chi connectivity index (χ1v) is 8.96. The van der Waals surface area contributed by atoms with E-state index in [9.17, 15) is 19.7 Å². The van der Waals surface area contributed by atoms with E-state index in [1.54, 1.807) is 6.92 Å². The lowest BCUT2D eigenvalue weighted by atomic mass is 10.0. The van der Waals surface area contributed by atoms with Crippen LogP contribution in [0.25, 0.3) is 17.0 Å². The van der Waals surface area contributed by atoms with Gasteiger partial charge in [0.25, 0.3) is 5.69 Å². The summed E-state index contributed by atoms with van der Waals surface area (Å²) >= 11 is 0. The number of nitrogens with zero attached hydrogens (tertiary/aromatic N) is 2. The normalized spacial score (nSPS) is 10.9. The third kappa shape index (κ3) is 4.49. The quantitative estimate of drug-likeness (QED) is 0.263. The van der Waals surface area contributed by atoms with Crippen molar-refractivity contribution in [2.24, 2.45) is 0 Å². The number of aromatic nitrogens is 1. The van der Waals surface area contributed by atoms with Gasteiger partial charge in [0.05, 0.1) is 28.8 Å². The fraction of sp³-hybridized carbons (Fsp3) is 0.136. The maximum atomic E-state index is 12.3. The number of hydrogen-bond donors (Lipinski definition) is 0. The number of nitro benzene ring substituents is 1. The van der Waals surface area contributed by atoms with Crippen LogP contribution < -0.4 is 0 Å². The third-order valence-electron chi connectivity index (χ3n) is 4.48. The highest BCUT2D eigenvalue weighted by Crippen LogP contribution is 2.24. The smallest absolute Gasteiger partial charge is 0.340 e. The zero-order chi connectivity index (χ0) is 21.7. The molecule has 1 heterocycles. The Labute approximate surface area is 171 Å². The minimum absolute atomic E-state index is 0.0391. The monoisotopic (exact) mass is 406 g/mol. The van der Waals surface area contributed by atoms with Crippen LogP contribution in [-0.4, -0.2) is 29.0 Å². The molecule has 0 atom stereocenters. The highest BCUT2D eigenvalue weighted by Gasteiger charge is 2.20. The molecule has 0 saturated heterocycles. The molecular formula is C22H18N2O6. The lowest BCUT2D eigenvalue weighted by molar-refractivity contribution is -0.384. The first kappa shape index (κ1) is 20.7. The number of non-ortho nitro benzene ring substituents is 1. The molecule has 30 heavy (non-hydrogen) atoms. The molecule has 2 aromatic carbocycles. The Morgan fingerprint density at radius 2 is 1.83 bits per heavy atom. The minimum Gasteiger partial charge on any atom is -0.465 e. The fourth-order valence-corrected chi connectivity index (χ4v) is 2.98. The van der Waals surface area contributed by atoms with Crippen LogP contribution in [0.5, 0.6) is 0 Å². The maximum absolute atomic E-state index is 12.3. The summed E-state index contributed by atoms with van der Waals surface area (Å²) in [6, 6.07) is 13.1. The Morgan fingerprint density at radius 3 is 2.50 bits per heavy atom. The van der Waals surface area contributed by atoms with E-state index < -0.39 is 16.9 Å². The van der Waals surface area contributed by atoms with E-state index in [0.29, 0.717) is 22.3 Å². The van der Waals surface area contributed by atoms with E-state index in [1.165, 1.54) is 43.5 Å². The number of hydrogen-bond acceptors (Lipinski definition) is 7. The molecule has 0 aliphatic carbocycles. The number of nitro groups is 1. The molecule has 8 heteroatoms. The van der Waals surface area contributed by atoms with Gasteiger partial charge in [0.1, 0.15) is 6.61 Å². The maximum Gasteiger partial charge on any atom is 0.340 e. The van der Waals surface area contributed by atoms with E-state index in [0.717, 1.165) is 5.39 Å². The Kier molecular flexibility index (Phi) is 6.17. The number of methoxy groups -OCH3 is 1. The first-order chi connectivity index (χ1) is 14.4. The number of pyridine rings is 1. The number of fused-ring (bicyclic) bond motifs is 1. The predicted octanol–water partition coefficient (Wildman–Crippen LogP) is 3.99. The van der Waals surface area contributed by atoms with E-state index in [-0.39, 0.29) is 17.9 Å². The predicted molar refractivity (Wildman–Crippen MR) is 110 cm³/mol. The second-order valence-electron chi connectivity index (χ2n) is 6.36. The highest BCUT2D eigenvalue weighted by molar-refractivity contribution is 5.98. The largest absolute Gasteiger partial charge is 0.465 e. The van der Waals surface area contributed by atoms with Gasteiger partial charge < -0.3 is 9.47 Å². The molecule has 0 aliphatic rings. The molecule has 1 aromatic heterocycles. The molecule has 0 aliphatic heterocycles. The van der Waals surface area contributed by atoms with Gasteiger partial charge in [-0.1, -0.05) is 18.2 Å². The molecule has 0 saturated carbocycles. The van der Waals surface area contributed by atoms with Crippen LogP contribution in [0.3, 0.4) is 0 Å². The van der Waals surface area contributed by atoms with Crippen LogP contribution >= 0.6 is 0 Å². The van der Waals surface area contributed by atoms with Crippen LogP contribution in [0.1, 0.15) is 27.2 Å². The van der Waals surface area contributed by atoms with E-state index in [1.807, 2.05) is 24.3 Å². The van der Waals surface area contributed by atoms with Gasteiger partial charge in [-0.05, 0) is 42.3 Å². The minimum atomic E-state index is -0.642. The molecule has 8 nitrogen and oxygen atoms in total. The molecule has 3 aromatic rings. The summed E-state index contributed by atoms with van der Waals surface area (Å²) in [7, 11) is 1.28. The SMILES string of the molecule is COC(=O)c1c(COC(=O)/C=C/c2ccc([N+](=O)[O-])cc2)nc2ccccc2c1C. The first-order valence-electron chi connectivity index (χ1n) is 8.96. The van der Waals surface area contributed by atoms with Gasteiger partial charge >= 0.3 is 11.9 Å². The second-order valence-corrected chi connectivity index (χ2v) is 6.36. The number of ether oxygens (including phenoxy) is 2. The van der Waals surface area contributed by atoms with Crippen molar-refractivity contribution in [1.82, 2.24) is 4.98 Å². The zero-order valence-corrected chi connectivity index (χ0v) is 16.3. The molecule has 3 rings (SSSR count). The third-order valence-corrected chi connectivity index (χ3v) is 4.48. The van der Waals surface area contributed by atoms with Crippen LogP contribution in [0, 0.1) is 17.0 Å². The Bertz CT molecular complexity index is 1150. The summed E-state index contributed by atoms with van der Waals surface area (Å²) in [5.41, 5.74) is 2.50. The van der Waals surface area contributed by atoms with Gasteiger partial charge in [0.15, 0.2) is 0 Å². The van der Waals surface area contributed by atoms with Gasteiger partial charge in [0, 0.05) is 23.6 Å². The number of benzene rings is 2. The van der Waals surface area contributed by atoms with E-state index >= 15 is 0 Å². The van der Waals surface area contributed by atoms with Crippen LogP contribution in [-0.2, 0) is 20.9 Å². The standard InChI is InChI=1S/C22H18N2O6/c1-14-17-5-3-4-6-18(17)23-19(21(14)22(26)29-2)13-30-20(25)12-9-15-7-10-16(11-8-15)24(27)28/h3-12H,13H2,1-2H3/b12-9+. The number of para-hydroxylation sites is 1. The van der Waals surface area contributed by atoms with E-state index in [2.05, 4.69) is 4.98 Å². The number of carbonyl (C=O) groups excluding carboxylic acids is 2. The van der Waals surface area contributed by atoms with Crippen molar-refractivity contribution in [1.29, 1.82) is 0 Å². The number of esters is 2. The lowest BCUT2D eigenvalue weighted by Crippen LogP contribution is -2.13. The number of rotatable bonds is 6. The molecule has 0 spiro atoms. The topological polar surface area (TPSA) is 109 Å². The Balaban J connectivity index is 1.78. The Hall–Kier alpha value is -4.07. The van der Waals surface area contributed by atoms with Crippen molar-refractivity contribution in [2.75, 3.05) is 7.11 Å². The van der Waals surface area contributed by atoms with Gasteiger partial charge in [-0.3, -0.25) is 10.1 Å². The zero-order valence-electron chi connectivity index (χ0n) is 16.3. The van der Waals surface area contributed by atoms with E-state index in [4.69, 9.17) is 9.47 Å². The summed E-state index contributed by atoms with van der Waals surface area (Å²) in [6.07, 6.45) is 2.68. The van der Waals surface area contributed by atoms with Gasteiger partial charge in [0.2, 0.25) is 0 Å². The number of aryl methyl sites for hydroxylation is 1. The van der Waals surface area contributed by atoms with Gasteiger partial charge in [-0.25, -0.2) is 14.6 Å². The summed E-state index contributed by atoms with van der Waals surface area (Å²) in [6.45, 7) is 1.58. The van der Waals surface area contributed by atoms with Crippen molar-refractivity contribution in [2.45, 2.75) is 13.5 Å². The summed E-state index contributed by atoms with van der Waals surface area (Å²) < 4.78 is 10.1. The molecular weight excluding hydrogens is 388 g/mol. The van der Waals surface area contributed by atoms with Crippen LogP contribution in [0.15, 0.2) is 54.6 Å². The average Bonchev–Trinajstić information content (AvgIpc) is 2.76. The van der Waals surface area contributed by atoms with Gasteiger partial charge in [-0.15, -0.1) is 0 Å². The van der Waals surface area contributed by atoms with Crippen molar-refractivity contribution >= 4 is 34.6 Å². The summed E-state index contributed by atoms with van der Waals surface area (Å²) in [4.78, 5) is 39.0. The van der Waals surface area contributed by atoms with Crippen LogP contribution in [0.2, 0.25) is 0 Å². The second kappa shape index (κ2) is 8.95. The molecule has 0 bridgehead atoms. The average molecular weight is 406 g/mol. The molecule has 0 radical (unpaired) electrons. The number of carbonyl (C=O) groups is 2. The van der Waals surface area contributed by atoms with Crippen LogP contribution in [0.4, 0.5) is 5.69 Å². The summed E-state index contributed by atoms with van der Waals surface area (Å²) in [5.74, 6) is -1.20.